The monoisotopic (exact) mass is 342 g/mol. The van der Waals surface area contributed by atoms with E-state index >= 15 is 0 Å². The van der Waals surface area contributed by atoms with Crippen molar-refractivity contribution < 1.29 is 9.90 Å². The van der Waals surface area contributed by atoms with Crippen LogP contribution in [0.2, 0.25) is 15.1 Å². The fourth-order valence-corrected chi connectivity index (χ4v) is 2.72. The number of aliphatic carboxylic acids is 1. The number of halogens is 3. The molecule has 21 heavy (non-hydrogen) atoms. The molecule has 0 saturated carbocycles. The van der Waals surface area contributed by atoms with Gasteiger partial charge in [0.15, 0.2) is 0 Å². The van der Waals surface area contributed by atoms with Crippen LogP contribution in [0, 0.1) is 5.92 Å². The van der Waals surface area contributed by atoms with E-state index in [1.807, 2.05) is 12.1 Å². The molecule has 0 bridgehead atoms. The summed E-state index contributed by atoms with van der Waals surface area (Å²) in [6.45, 7) is 0. The molecule has 0 fully saturated rings. The molecule has 1 atom stereocenters. The lowest BCUT2D eigenvalue weighted by Crippen LogP contribution is -2.19. The summed E-state index contributed by atoms with van der Waals surface area (Å²) in [5.74, 6) is -1.40. The zero-order chi connectivity index (χ0) is 15.4. The van der Waals surface area contributed by atoms with Crippen LogP contribution in [0.1, 0.15) is 11.1 Å². The molecule has 0 spiro atoms. The Morgan fingerprint density at radius 1 is 0.952 bits per heavy atom. The van der Waals surface area contributed by atoms with Crippen molar-refractivity contribution in [1.82, 2.24) is 0 Å². The van der Waals surface area contributed by atoms with E-state index in [1.54, 1.807) is 30.3 Å². The third kappa shape index (κ3) is 4.63. The molecule has 110 valence electrons. The Balaban J connectivity index is 2.15. The van der Waals surface area contributed by atoms with Crippen LogP contribution in [0.15, 0.2) is 42.5 Å². The number of hydrogen-bond donors (Lipinski definition) is 1. The molecule has 0 amide bonds. The Bertz CT molecular complexity index is 638. The fourth-order valence-electron chi connectivity index (χ4n) is 2.10. The van der Waals surface area contributed by atoms with Gasteiger partial charge in [-0.3, -0.25) is 4.79 Å². The lowest BCUT2D eigenvalue weighted by atomic mass is 9.92. The summed E-state index contributed by atoms with van der Waals surface area (Å²) in [7, 11) is 0. The first-order valence-electron chi connectivity index (χ1n) is 6.37. The van der Waals surface area contributed by atoms with E-state index in [-0.39, 0.29) is 0 Å². The molecule has 0 aromatic heterocycles. The molecule has 5 heteroatoms. The first-order chi connectivity index (χ1) is 9.95. The first-order valence-corrected chi connectivity index (χ1v) is 7.50. The second kappa shape index (κ2) is 7.17. The van der Waals surface area contributed by atoms with Crippen molar-refractivity contribution in [1.29, 1.82) is 0 Å². The lowest BCUT2D eigenvalue weighted by molar-refractivity contribution is -0.141. The highest BCUT2D eigenvalue weighted by molar-refractivity contribution is 6.35. The Kier molecular flexibility index (Phi) is 5.51. The SMILES string of the molecule is O=C(O)C(Cc1ccc(Cl)cc1)Cc1ccc(Cl)cc1Cl. The Morgan fingerprint density at radius 3 is 2.14 bits per heavy atom. The normalized spacial score (nSPS) is 12.1. The van der Waals surface area contributed by atoms with E-state index in [2.05, 4.69) is 0 Å². The number of carboxylic acids is 1. The summed E-state index contributed by atoms with van der Waals surface area (Å²) in [5, 5.41) is 11.1. The first kappa shape index (κ1) is 16.2. The fraction of sp³-hybridized carbons (Fsp3) is 0.188. The van der Waals surface area contributed by atoms with Crippen LogP contribution in [0.4, 0.5) is 0 Å². The summed E-state index contributed by atoms with van der Waals surface area (Å²) >= 11 is 17.8. The van der Waals surface area contributed by atoms with Crippen molar-refractivity contribution >= 4 is 40.8 Å². The molecule has 1 N–H and O–H groups in total. The van der Waals surface area contributed by atoms with Gasteiger partial charge in [-0.2, -0.15) is 0 Å². The van der Waals surface area contributed by atoms with Crippen molar-refractivity contribution in [2.45, 2.75) is 12.8 Å². The molecule has 0 radical (unpaired) electrons. The average molecular weight is 344 g/mol. The quantitative estimate of drug-likeness (QED) is 0.817. The Hall–Kier alpha value is -1.22. The number of carbonyl (C=O) groups is 1. The van der Waals surface area contributed by atoms with Gasteiger partial charge < -0.3 is 5.11 Å². The van der Waals surface area contributed by atoms with Crippen molar-refractivity contribution in [3.63, 3.8) is 0 Å². The highest BCUT2D eigenvalue weighted by atomic mass is 35.5. The minimum absolute atomic E-state index is 0.355. The smallest absolute Gasteiger partial charge is 0.307 e. The maximum absolute atomic E-state index is 11.5. The molecule has 0 aliphatic heterocycles. The molecule has 0 aliphatic carbocycles. The zero-order valence-corrected chi connectivity index (χ0v) is 13.3. The second-order valence-electron chi connectivity index (χ2n) is 4.81. The Labute approximate surface area is 138 Å². The number of benzene rings is 2. The van der Waals surface area contributed by atoms with Crippen LogP contribution in [0.3, 0.4) is 0 Å². The van der Waals surface area contributed by atoms with Crippen molar-refractivity contribution in [2.75, 3.05) is 0 Å². The standard InChI is InChI=1S/C16H13Cl3O2/c17-13-4-1-10(2-5-13)7-12(16(20)21)8-11-3-6-14(18)9-15(11)19/h1-6,9,12H,7-8H2,(H,20,21). The summed E-state index contributed by atoms with van der Waals surface area (Å²) < 4.78 is 0. The van der Waals surface area contributed by atoms with Gasteiger partial charge in [-0.25, -0.2) is 0 Å². The molecular formula is C16H13Cl3O2. The van der Waals surface area contributed by atoms with Crippen molar-refractivity contribution in [3.8, 4) is 0 Å². The second-order valence-corrected chi connectivity index (χ2v) is 6.09. The van der Waals surface area contributed by atoms with Crippen LogP contribution in [-0.4, -0.2) is 11.1 Å². The van der Waals surface area contributed by atoms with Crippen molar-refractivity contribution in [2.24, 2.45) is 5.92 Å². The third-order valence-electron chi connectivity index (χ3n) is 3.23. The van der Waals surface area contributed by atoms with Crippen LogP contribution in [-0.2, 0) is 17.6 Å². The van der Waals surface area contributed by atoms with Crippen LogP contribution >= 0.6 is 34.8 Å². The molecule has 0 aliphatic rings. The van der Waals surface area contributed by atoms with Crippen LogP contribution < -0.4 is 0 Å². The highest BCUT2D eigenvalue weighted by Gasteiger charge is 2.20. The van der Waals surface area contributed by atoms with E-state index in [4.69, 9.17) is 34.8 Å². The maximum atomic E-state index is 11.5. The zero-order valence-electron chi connectivity index (χ0n) is 11.0. The van der Waals surface area contributed by atoms with Gasteiger partial charge >= 0.3 is 5.97 Å². The summed E-state index contributed by atoms with van der Waals surface area (Å²) in [6, 6.07) is 12.3. The highest BCUT2D eigenvalue weighted by Crippen LogP contribution is 2.25. The number of carboxylic acid groups (broad SMARTS) is 1. The van der Waals surface area contributed by atoms with E-state index in [0.29, 0.717) is 27.9 Å². The van der Waals surface area contributed by atoms with Crippen LogP contribution in [0.5, 0.6) is 0 Å². The van der Waals surface area contributed by atoms with Gasteiger partial charge in [-0.15, -0.1) is 0 Å². The topological polar surface area (TPSA) is 37.3 Å². The van der Waals surface area contributed by atoms with Gasteiger partial charge in [-0.1, -0.05) is 53.0 Å². The lowest BCUT2D eigenvalue weighted by Gasteiger charge is -2.14. The summed E-state index contributed by atoms with van der Waals surface area (Å²) in [6.07, 6.45) is 0.777. The van der Waals surface area contributed by atoms with E-state index in [1.165, 1.54) is 0 Å². The molecule has 2 aromatic rings. The van der Waals surface area contributed by atoms with Crippen molar-refractivity contribution in [3.05, 3.63) is 68.7 Å². The van der Waals surface area contributed by atoms with Gasteiger partial charge in [0.2, 0.25) is 0 Å². The average Bonchev–Trinajstić information content (AvgIpc) is 2.43. The largest absolute Gasteiger partial charge is 0.481 e. The van der Waals surface area contributed by atoms with Gasteiger partial charge in [0.05, 0.1) is 5.92 Å². The summed E-state index contributed by atoms with van der Waals surface area (Å²) in [5.41, 5.74) is 1.71. The predicted molar refractivity (Wildman–Crippen MR) is 86.4 cm³/mol. The van der Waals surface area contributed by atoms with Gasteiger partial charge in [0.1, 0.15) is 0 Å². The number of rotatable bonds is 5. The summed E-state index contributed by atoms with van der Waals surface area (Å²) in [4.78, 5) is 11.5. The molecule has 1 unspecified atom stereocenters. The van der Waals surface area contributed by atoms with E-state index in [0.717, 1.165) is 11.1 Å². The maximum Gasteiger partial charge on any atom is 0.307 e. The minimum Gasteiger partial charge on any atom is -0.481 e. The third-order valence-corrected chi connectivity index (χ3v) is 4.06. The molecule has 2 aromatic carbocycles. The number of hydrogen-bond acceptors (Lipinski definition) is 1. The predicted octanol–water partition coefficient (Wildman–Crippen LogP) is 5.13. The molecule has 2 rings (SSSR count). The van der Waals surface area contributed by atoms with E-state index in [9.17, 15) is 9.90 Å². The molecular weight excluding hydrogens is 331 g/mol. The minimum atomic E-state index is -0.851. The van der Waals surface area contributed by atoms with Gasteiger partial charge in [-0.05, 0) is 48.2 Å². The molecule has 2 nitrogen and oxygen atoms in total. The van der Waals surface area contributed by atoms with Gasteiger partial charge in [0.25, 0.3) is 0 Å². The van der Waals surface area contributed by atoms with E-state index < -0.39 is 11.9 Å². The van der Waals surface area contributed by atoms with Gasteiger partial charge in [0, 0.05) is 15.1 Å². The Morgan fingerprint density at radius 2 is 1.57 bits per heavy atom. The van der Waals surface area contributed by atoms with Crippen LogP contribution in [0.25, 0.3) is 0 Å². The molecule has 0 heterocycles. The molecule has 0 saturated heterocycles.